The Kier molecular flexibility index (Phi) is 5.30. The summed E-state index contributed by atoms with van der Waals surface area (Å²) < 4.78 is 0. The van der Waals surface area contributed by atoms with Crippen LogP contribution in [0.1, 0.15) is 47.0 Å². The summed E-state index contributed by atoms with van der Waals surface area (Å²) in [6, 6.07) is -0.102. The monoisotopic (exact) mass is 195 g/mol. The van der Waals surface area contributed by atoms with Gasteiger partial charge in [-0.05, 0) is 11.8 Å². The Morgan fingerprint density at radius 3 is 2.43 bits per heavy atom. The third-order valence-corrected chi connectivity index (χ3v) is 1.80. The second kappa shape index (κ2) is 5.70. The van der Waals surface area contributed by atoms with Crippen LogP contribution < -0.4 is 5.32 Å². The van der Waals surface area contributed by atoms with Crippen LogP contribution in [0.15, 0.2) is 0 Å². The summed E-state index contributed by atoms with van der Waals surface area (Å²) in [5, 5.41) is 2.85. The quantitative estimate of drug-likeness (QED) is 0.685. The number of carbonyl (C=O) groups excluding carboxylic acids is 1. The molecule has 0 aliphatic rings. The minimum atomic E-state index is -0.102. The fraction of sp³-hybridized carbons (Fsp3) is 0.750. The van der Waals surface area contributed by atoms with Gasteiger partial charge in [-0.25, -0.2) is 0 Å². The zero-order chi connectivity index (χ0) is 11.2. The summed E-state index contributed by atoms with van der Waals surface area (Å²) in [7, 11) is 0. The van der Waals surface area contributed by atoms with E-state index in [2.05, 4.69) is 18.2 Å². The first kappa shape index (κ1) is 13.0. The molecule has 1 atom stereocenters. The maximum atomic E-state index is 11.5. The molecule has 0 saturated heterocycles. The zero-order valence-electron chi connectivity index (χ0n) is 9.68. The van der Waals surface area contributed by atoms with E-state index in [0.717, 1.165) is 12.8 Å². The molecule has 80 valence electrons. The van der Waals surface area contributed by atoms with E-state index in [1.807, 2.05) is 20.8 Å². The van der Waals surface area contributed by atoms with Crippen LogP contribution in [-0.4, -0.2) is 11.9 Å². The van der Waals surface area contributed by atoms with Gasteiger partial charge in [-0.2, -0.15) is 0 Å². The summed E-state index contributed by atoms with van der Waals surface area (Å²) in [5.41, 5.74) is 0.0233. The highest BCUT2D eigenvalue weighted by Gasteiger charge is 2.17. The standard InChI is InChI=1S/C12H21NO/c1-6-8-10(7-2)13-11(14)9-12(3,4)5/h2,10H,6,8-9H2,1,3-5H3,(H,13,14). The van der Waals surface area contributed by atoms with Crippen LogP contribution in [0.2, 0.25) is 0 Å². The normalized spacial score (nSPS) is 13.1. The Balaban J connectivity index is 3.99. The maximum Gasteiger partial charge on any atom is 0.221 e. The number of terminal acetylenes is 1. The highest BCUT2D eigenvalue weighted by molar-refractivity contribution is 5.77. The molecule has 0 aromatic heterocycles. The number of nitrogens with one attached hydrogen (secondary N) is 1. The molecule has 0 radical (unpaired) electrons. The first-order valence-corrected chi connectivity index (χ1v) is 5.14. The Morgan fingerprint density at radius 1 is 1.50 bits per heavy atom. The molecule has 0 spiro atoms. The largest absolute Gasteiger partial charge is 0.342 e. The fourth-order valence-corrected chi connectivity index (χ4v) is 1.21. The van der Waals surface area contributed by atoms with E-state index < -0.39 is 0 Å². The van der Waals surface area contributed by atoms with Crippen molar-refractivity contribution in [1.29, 1.82) is 0 Å². The van der Waals surface area contributed by atoms with Crippen molar-refractivity contribution < 1.29 is 4.79 Å². The minimum absolute atomic E-state index is 0.0233. The number of hydrogen-bond donors (Lipinski definition) is 1. The van der Waals surface area contributed by atoms with Gasteiger partial charge in [0.05, 0.1) is 6.04 Å². The number of amides is 1. The van der Waals surface area contributed by atoms with Gasteiger partial charge >= 0.3 is 0 Å². The smallest absolute Gasteiger partial charge is 0.221 e. The van der Waals surface area contributed by atoms with Gasteiger partial charge in [0, 0.05) is 6.42 Å². The molecule has 0 bridgehead atoms. The van der Waals surface area contributed by atoms with Gasteiger partial charge in [0.25, 0.3) is 0 Å². The number of rotatable bonds is 4. The summed E-state index contributed by atoms with van der Waals surface area (Å²) in [5.74, 6) is 2.64. The maximum absolute atomic E-state index is 11.5. The van der Waals surface area contributed by atoms with Crippen LogP contribution in [0.3, 0.4) is 0 Å². The third-order valence-electron chi connectivity index (χ3n) is 1.80. The summed E-state index contributed by atoms with van der Waals surface area (Å²) >= 11 is 0. The lowest BCUT2D eigenvalue weighted by Crippen LogP contribution is -2.35. The van der Waals surface area contributed by atoms with Crippen LogP contribution in [0.5, 0.6) is 0 Å². The van der Waals surface area contributed by atoms with Crippen molar-refractivity contribution in [2.24, 2.45) is 5.41 Å². The predicted octanol–water partition coefficient (Wildman–Crippen LogP) is 2.34. The van der Waals surface area contributed by atoms with Gasteiger partial charge in [0.2, 0.25) is 5.91 Å². The molecule has 0 heterocycles. The molecule has 2 heteroatoms. The van der Waals surface area contributed by atoms with Gasteiger partial charge in [-0.15, -0.1) is 6.42 Å². The zero-order valence-corrected chi connectivity index (χ0v) is 9.68. The molecule has 0 saturated carbocycles. The average Bonchev–Trinajstić information content (AvgIpc) is 2.00. The molecule has 0 aromatic rings. The molecule has 0 fully saturated rings. The fourth-order valence-electron chi connectivity index (χ4n) is 1.21. The minimum Gasteiger partial charge on any atom is -0.342 e. The highest BCUT2D eigenvalue weighted by atomic mass is 16.1. The third kappa shape index (κ3) is 6.54. The van der Waals surface area contributed by atoms with Gasteiger partial charge < -0.3 is 5.32 Å². The van der Waals surface area contributed by atoms with Gasteiger partial charge in [0.1, 0.15) is 0 Å². The van der Waals surface area contributed by atoms with Gasteiger partial charge in [-0.1, -0.05) is 40.0 Å². The molecule has 1 amide bonds. The molecule has 2 nitrogen and oxygen atoms in total. The molecule has 0 aliphatic heterocycles. The lowest BCUT2D eigenvalue weighted by molar-refractivity contribution is -0.123. The average molecular weight is 195 g/mol. The first-order chi connectivity index (χ1) is 6.39. The van der Waals surface area contributed by atoms with Crippen LogP contribution in [0.25, 0.3) is 0 Å². The van der Waals surface area contributed by atoms with Crippen LogP contribution in [0, 0.1) is 17.8 Å². The molecule has 0 aromatic carbocycles. The van der Waals surface area contributed by atoms with Gasteiger partial charge in [-0.3, -0.25) is 4.79 Å². The molecule has 1 unspecified atom stereocenters. The van der Waals surface area contributed by atoms with Crippen molar-refractivity contribution in [3.63, 3.8) is 0 Å². The Labute approximate surface area is 87.5 Å². The lowest BCUT2D eigenvalue weighted by atomic mass is 9.92. The topological polar surface area (TPSA) is 29.1 Å². The second-order valence-electron chi connectivity index (χ2n) is 4.81. The van der Waals surface area contributed by atoms with Crippen molar-refractivity contribution in [2.45, 2.75) is 53.0 Å². The number of hydrogen-bond acceptors (Lipinski definition) is 1. The van der Waals surface area contributed by atoms with Crippen LogP contribution >= 0.6 is 0 Å². The van der Waals surface area contributed by atoms with Crippen LogP contribution in [-0.2, 0) is 4.79 Å². The van der Waals surface area contributed by atoms with E-state index in [4.69, 9.17) is 6.42 Å². The Hall–Kier alpha value is -0.970. The number of carbonyl (C=O) groups is 1. The van der Waals surface area contributed by atoms with E-state index in [1.54, 1.807) is 0 Å². The Bertz CT molecular complexity index is 219. The second-order valence-corrected chi connectivity index (χ2v) is 4.81. The van der Waals surface area contributed by atoms with Crippen LogP contribution in [0.4, 0.5) is 0 Å². The van der Waals surface area contributed by atoms with Crippen molar-refractivity contribution >= 4 is 5.91 Å². The summed E-state index contributed by atoms with van der Waals surface area (Å²) in [6.45, 7) is 8.17. The SMILES string of the molecule is C#CC(CCC)NC(=O)CC(C)(C)C. The molecule has 1 N–H and O–H groups in total. The van der Waals surface area contributed by atoms with E-state index in [0.29, 0.717) is 6.42 Å². The molecule has 0 rings (SSSR count). The van der Waals surface area contributed by atoms with E-state index >= 15 is 0 Å². The van der Waals surface area contributed by atoms with Crippen molar-refractivity contribution in [3.05, 3.63) is 0 Å². The van der Waals surface area contributed by atoms with Gasteiger partial charge in [0.15, 0.2) is 0 Å². The van der Waals surface area contributed by atoms with Crippen molar-refractivity contribution in [1.82, 2.24) is 5.32 Å². The Morgan fingerprint density at radius 2 is 2.07 bits per heavy atom. The summed E-state index contributed by atoms with van der Waals surface area (Å²) in [4.78, 5) is 11.5. The predicted molar refractivity (Wildman–Crippen MR) is 59.7 cm³/mol. The highest BCUT2D eigenvalue weighted by Crippen LogP contribution is 2.18. The van der Waals surface area contributed by atoms with Crippen molar-refractivity contribution in [3.8, 4) is 12.3 Å². The van der Waals surface area contributed by atoms with Crippen molar-refractivity contribution in [2.75, 3.05) is 0 Å². The molecular weight excluding hydrogens is 174 g/mol. The molecule has 14 heavy (non-hydrogen) atoms. The van der Waals surface area contributed by atoms with E-state index in [1.165, 1.54) is 0 Å². The molecule has 0 aliphatic carbocycles. The molecular formula is C12H21NO. The van der Waals surface area contributed by atoms with E-state index in [-0.39, 0.29) is 17.4 Å². The summed E-state index contributed by atoms with van der Waals surface area (Å²) in [6.07, 6.45) is 7.67. The first-order valence-electron chi connectivity index (χ1n) is 5.14. The lowest BCUT2D eigenvalue weighted by Gasteiger charge is -2.19. The van der Waals surface area contributed by atoms with E-state index in [9.17, 15) is 4.79 Å².